The standard InChI is InChI=1S/C11H13F3N2O2/c1-2-5-16(7-11(12,13)14)8-3-4-9(10(17)18)15-6-8/h3-4,6H,2,5,7H2,1H3,(H,17,18). The summed E-state index contributed by atoms with van der Waals surface area (Å²) in [5, 5.41) is 8.65. The molecule has 0 saturated heterocycles. The molecule has 1 rings (SSSR count). The highest BCUT2D eigenvalue weighted by Crippen LogP contribution is 2.21. The van der Waals surface area contributed by atoms with E-state index in [2.05, 4.69) is 4.98 Å². The van der Waals surface area contributed by atoms with Gasteiger partial charge in [0.2, 0.25) is 0 Å². The Bertz CT molecular complexity index is 404. The van der Waals surface area contributed by atoms with E-state index in [4.69, 9.17) is 5.11 Å². The van der Waals surface area contributed by atoms with Gasteiger partial charge in [-0.05, 0) is 18.6 Å². The van der Waals surface area contributed by atoms with E-state index in [-0.39, 0.29) is 17.9 Å². The molecule has 0 aliphatic rings. The van der Waals surface area contributed by atoms with Crippen LogP contribution in [0.4, 0.5) is 18.9 Å². The van der Waals surface area contributed by atoms with E-state index < -0.39 is 18.7 Å². The number of aromatic carboxylic acids is 1. The van der Waals surface area contributed by atoms with Crippen molar-refractivity contribution in [2.45, 2.75) is 19.5 Å². The van der Waals surface area contributed by atoms with Crippen LogP contribution in [0.15, 0.2) is 18.3 Å². The Morgan fingerprint density at radius 1 is 1.44 bits per heavy atom. The first kappa shape index (κ1) is 14.3. The first-order valence-electron chi connectivity index (χ1n) is 5.34. The summed E-state index contributed by atoms with van der Waals surface area (Å²) >= 11 is 0. The van der Waals surface area contributed by atoms with Crippen LogP contribution in [0.3, 0.4) is 0 Å². The Morgan fingerprint density at radius 3 is 2.50 bits per heavy atom. The molecule has 0 amide bonds. The number of carbonyl (C=O) groups is 1. The average molecular weight is 262 g/mol. The molecule has 7 heteroatoms. The fourth-order valence-electron chi connectivity index (χ4n) is 1.49. The normalized spacial score (nSPS) is 11.3. The largest absolute Gasteiger partial charge is 0.477 e. The number of rotatable bonds is 5. The van der Waals surface area contributed by atoms with Crippen molar-refractivity contribution in [1.29, 1.82) is 0 Å². The third-order valence-electron chi connectivity index (χ3n) is 2.20. The van der Waals surface area contributed by atoms with Crippen LogP contribution in [0.2, 0.25) is 0 Å². The Morgan fingerprint density at radius 2 is 2.11 bits per heavy atom. The number of pyridine rings is 1. The van der Waals surface area contributed by atoms with Crippen molar-refractivity contribution in [2.24, 2.45) is 0 Å². The molecule has 4 nitrogen and oxygen atoms in total. The van der Waals surface area contributed by atoms with Crippen molar-refractivity contribution in [1.82, 2.24) is 4.98 Å². The molecule has 0 unspecified atom stereocenters. The second-order valence-corrected chi connectivity index (χ2v) is 3.74. The lowest BCUT2D eigenvalue weighted by Crippen LogP contribution is -2.34. The lowest BCUT2D eigenvalue weighted by atomic mass is 10.3. The first-order valence-corrected chi connectivity index (χ1v) is 5.34. The van der Waals surface area contributed by atoms with Crippen LogP contribution in [0.5, 0.6) is 0 Å². The molecule has 0 aliphatic carbocycles. The molecule has 0 aliphatic heterocycles. The van der Waals surface area contributed by atoms with Crippen LogP contribution >= 0.6 is 0 Å². The van der Waals surface area contributed by atoms with E-state index in [0.717, 1.165) is 11.1 Å². The number of hydrogen-bond donors (Lipinski definition) is 1. The molecule has 1 heterocycles. The van der Waals surface area contributed by atoms with Gasteiger partial charge in [0.05, 0.1) is 11.9 Å². The van der Waals surface area contributed by atoms with E-state index in [1.807, 2.05) is 0 Å². The minimum atomic E-state index is -4.30. The molecule has 0 radical (unpaired) electrons. The van der Waals surface area contributed by atoms with Gasteiger partial charge < -0.3 is 10.0 Å². The van der Waals surface area contributed by atoms with E-state index in [1.165, 1.54) is 12.1 Å². The fraction of sp³-hybridized carbons (Fsp3) is 0.455. The average Bonchev–Trinajstić information content (AvgIpc) is 2.27. The van der Waals surface area contributed by atoms with Gasteiger partial charge in [-0.25, -0.2) is 9.78 Å². The molecular weight excluding hydrogens is 249 g/mol. The predicted octanol–water partition coefficient (Wildman–Crippen LogP) is 2.56. The molecule has 0 atom stereocenters. The maximum Gasteiger partial charge on any atom is 0.405 e. The Kier molecular flexibility index (Phi) is 4.52. The molecule has 0 spiro atoms. The fourth-order valence-corrected chi connectivity index (χ4v) is 1.49. The van der Waals surface area contributed by atoms with Crippen LogP contribution in [-0.4, -0.2) is 35.3 Å². The van der Waals surface area contributed by atoms with Crippen molar-refractivity contribution in [3.63, 3.8) is 0 Å². The van der Waals surface area contributed by atoms with Crippen LogP contribution < -0.4 is 4.90 Å². The van der Waals surface area contributed by atoms with Gasteiger partial charge in [0.25, 0.3) is 0 Å². The summed E-state index contributed by atoms with van der Waals surface area (Å²) in [7, 11) is 0. The molecule has 0 bridgehead atoms. The van der Waals surface area contributed by atoms with Crippen LogP contribution in [0.1, 0.15) is 23.8 Å². The third-order valence-corrected chi connectivity index (χ3v) is 2.20. The molecule has 0 aromatic carbocycles. The molecule has 1 aromatic heterocycles. The molecular formula is C11H13F3N2O2. The van der Waals surface area contributed by atoms with Crippen molar-refractivity contribution < 1.29 is 23.1 Å². The maximum atomic E-state index is 12.4. The number of aromatic nitrogens is 1. The number of nitrogens with zero attached hydrogens (tertiary/aromatic N) is 2. The Balaban J connectivity index is 2.88. The molecule has 0 fully saturated rings. The van der Waals surface area contributed by atoms with Gasteiger partial charge >= 0.3 is 12.1 Å². The predicted molar refractivity (Wildman–Crippen MR) is 59.8 cm³/mol. The molecule has 1 N–H and O–H groups in total. The highest BCUT2D eigenvalue weighted by molar-refractivity contribution is 5.85. The topological polar surface area (TPSA) is 53.4 Å². The number of anilines is 1. The lowest BCUT2D eigenvalue weighted by Gasteiger charge is -2.25. The van der Waals surface area contributed by atoms with Gasteiger partial charge in [0.1, 0.15) is 12.2 Å². The third kappa shape index (κ3) is 4.23. The first-order chi connectivity index (χ1) is 8.33. The quantitative estimate of drug-likeness (QED) is 0.886. The summed E-state index contributed by atoms with van der Waals surface area (Å²) in [5.74, 6) is -1.21. The monoisotopic (exact) mass is 262 g/mol. The number of carboxylic acids is 1. The van der Waals surface area contributed by atoms with Gasteiger partial charge in [-0.1, -0.05) is 6.92 Å². The zero-order valence-corrected chi connectivity index (χ0v) is 9.74. The number of hydrogen-bond acceptors (Lipinski definition) is 3. The minimum Gasteiger partial charge on any atom is -0.477 e. The van der Waals surface area contributed by atoms with Crippen LogP contribution in [0.25, 0.3) is 0 Å². The Hall–Kier alpha value is -1.79. The summed E-state index contributed by atoms with van der Waals surface area (Å²) in [6.45, 7) is 0.922. The maximum absolute atomic E-state index is 12.4. The number of halogens is 3. The van der Waals surface area contributed by atoms with E-state index in [0.29, 0.717) is 6.42 Å². The smallest absolute Gasteiger partial charge is 0.405 e. The van der Waals surface area contributed by atoms with Gasteiger partial charge in [-0.3, -0.25) is 0 Å². The Labute approximate surface area is 102 Å². The van der Waals surface area contributed by atoms with Gasteiger partial charge in [0.15, 0.2) is 0 Å². The minimum absolute atomic E-state index is 0.192. The summed E-state index contributed by atoms with van der Waals surface area (Å²) in [6.07, 6.45) is -2.61. The SMILES string of the molecule is CCCN(CC(F)(F)F)c1ccc(C(=O)O)nc1. The summed E-state index contributed by atoms with van der Waals surface area (Å²) in [6, 6.07) is 2.52. The summed E-state index contributed by atoms with van der Waals surface area (Å²) < 4.78 is 37.1. The number of carboxylic acid groups (broad SMARTS) is 1. The van der Waals surface area contributed by atoms with Crippen LogP contribution in [-0.2, 0) is 0 Å². The van der Waals surface area contributed by atoms with E-state index >= 15 is 0 Å². The van der Waals surface area contributed by atoms with E-state index in [9.17, 15) is 18.0 Å². The molecule has 18 heavy (non-hydrogen) atoms. The lowest BCUT2D eigenvalue weighted by molar-refractivity contribution is -0.119. The van der Waals surface area contributed by atoms with Crippen LogP contribution in [0, 0.1) is 0 Å². The summed E-state index contributed by atoms with van der Waals surface area (Å²) in [4.78, 5) is 15.3. The van der Waals surface area contributed by atoms with Gasteiger partial charge in [-0.2, -0.15) is 13.2 Å². The number of alkyl halides is 3. The highest BCUT2D eigenvalue weighted by atomic mass is 19.4. The second kappa shape index (κ2) is 5.70. The van der Waals surface area contributed by atoms with Gasteiger partial charge in [0, 0.05) is 6.54 Å². The highest BCUT2D eigenvalue weighted by Gasteiger charge is 2.30. The van der Waals surface area contributed by atoms with Crippen molar-refractivity contribution >= 4 is 11.7 Å². The van der Waals surface area contributed by atoms with Crippen molar-refractivity contribution in [2.75, 3.05) is 18.0 Å². The molecule has 0 saturated carbocycles. The zero-order chi connectivity index (χ0) is 13.8. The zero-order valence-electron chi connectivity index (χ0n) is 9.74. The van der Waals surface area contributed by atoms with E-state index in [1.54, 1.807) is 6.92 Å². The second-order valence-electron chi connectivity index (χ2n) is 3.74. The molecule has 100 valence electrons. The van der Waals surface area contributed by atoms with Crippen molar-refractivity contribution in [3.05, 3.63) is 24.0 Å². The van der Waals surface area contributed by atoms with Gasteiger partial charge in [-0.15, -0.1) is 0 Å². The summed E-state index contributed by atoms with van der Waals surface area (Å²) in [5.41, 5.74) is 0.0707. The molecule has 1 aromatic rings. The van der Waals surface area contributed by atoms with Crippen molar-refractivity contribution in [3.8, 4) is 0 Å².